The third kappa shape index (κ3) is 4.08. The zero-order chi connectivity index (χ0) is 19.8. The third-order valence-electron chi connectivity index (χ3n) is 6.07. The Labute approximate surface area is 171 Å². The van der Waals surface area contributed by atoms with Crippen molar-refractivity contribution in [1.29, 1.82) is 0 Å². The summed E-state index contributed by atoms with van der Waals surface area (Å²) in [4.78, 5) is 11.2. The van der Waals surface area contributed by atoms with E-state index >= 15 is 0 Å². The SMILES string of the molecule is CN(C)c1ccc(-c2ccnc(N[C@@H]3CO[C@@H]4[C@@H]3OC[C@@H]4NCC3CC3)n2)cc1. The van der Waals surface area contributed by atoms with Gasteiger partial charge in [-0.05, 0) is 43.5 Å². The van der Waals surface area contributed by atoms with E-state index in [9.17, 15) is 0 Å². The van der Waals surface area contributed by atoms with Crippen molar-refractivity contribution in [3.05, 3.63) is 36.5 Å². The largest absolute Gasteiger partial charge is 0.378 e. The maximum absolute atomic E-state index is 6.07. The standard InChI is InChI=1S/C22H29N5O2/c1-27(2)16-7-5-15(6-8-16)17-9-10-23-22(25-17)26-19-13-29-20-18(12-28-21(19)20)24-11-14-3-4-14/h5-10,14,18-21,24H,3-4,11-13H2,1-2H3,(H,23,25,26)/t18-,19+,20-,21+/m0/s1. The van der Waals surface area contributed by atoms with Crippen molar-refractivity contribution in [3.8, 4) is 11.3 Å². The number of fused-ring (bicyclic) bond motifs is 1. The molecule has 0 unspecified atom stereocenters. The van der Waals surface area contributed by atoms with Gasteiger partial charge >= 0.3 is 0 Å². The molecule has 4 atom stereocenters. The summed E-state index contributed by atoms with van der Waals surface area (Å²) in [5.41, 5.74) is 3.14. The maximum atomic E-state index is 6.07. The summed E-state index contributed by atoms with van der Waals surface area (Å²) >= 11 is 0. The van der Waals surface area contributed by atoms with Gasteiger partial charge in [0.05, 0.1) is 31.0 Å². The summed E-state index contributed by atoms with van der Waals surface area (Å²) in [6, 6.07) is 10.7. The van der Waals surface area contributed by atoms with E-state index in [-0.39, 0.29) is 24.3 Å². The van der Waals surface area contributed by atoms with Crippen molar-refractivity contribution in [1.82, 2.24) is 15.3 Å². The molecule has 5 rings (SSSR count). The third-order valence-corrected chi connectivity index (χ3v) is 6.07. The second kappa shape index (κ2) is 7.89. The number of hydrogen-bond acceptors (Lipinski definition) is 7. The van der Waals surface area contributed by atoms with Crippen LogP contribution in [0.4, 0.5) is 11.6 Å². The van der Waals surface area contributed by atoms with Crippen LogP contribution in [0, 0.1) is 5.92 Å². The number of hydrogen-bond donors (Lipinski definition) is 2. The number of anilines is 2. The fourth-order valence-corrected chi connectivity index (χ4v) is 4.12. The lowest BCUT2D eigenvalue weighted by atomic mass is 10.1. The van der Waals surface area contributed by atoms with Gasteiger partial charge in [0.15, 0.2) is 0 Å². The van der Waals surface area contributed by atoms with Crippen LogP contribution in [0.3, 0.4) is 0 Å². The number of nitrogens with one attached hydrogen (secondary N) is 2. The van der Waals surface area contributed by atoms with E-state index in [1.807, 2.05) is 20.2 Å². The smallest absolute Gasteiger partial charge is 0.223 e. The zero-order valence-electron chi connectivity index (χ0n) is 17.0. The highest BCUT2D eigenvalue weighted by atomic mass is 16.6. The van der Waals surface area contributed by atoms with Crippen LogP contribution >= 0.6 is 0 Å². The van der Waals surface area contributed by atoms with Gasteiger partial charge in [0.2, 0.25) is 5.95 Å². The Hall–Kier alpha value is -2.22. The molecular weight excluding hydrogens is 366 g/mol. The molecule has 0 spiro atoms. The molecule has 3 aliphatic rings. The second-order valence-corrected chi connectivity index (χ2v) is 8.51. The van der Waals surface area contributed by atoms with Crippen LogP contribution in [0.25, 0.3) is 11.3 Å². The van der Waals surface area contributed by atoms with Gasteiger partial charge in [0, 0.05) is 31.5 Å². The molecule has 1 saturated carbocycles. The Bertz CT molecular complexity index is 839. The van der Waals surface area contributed by atoms with Crippen LogP contribution in [0.5, 0.6) is 0 Å². The Balaban J connectivity index is 1.24. The lowest BCUT2D eigenvalue weighted by molar-refractivity contribution is 0.0675. The van der Waals surface area contributed by atoms with Crippen molar-refractivity contribution >= 4 is 11.6 Å². The van der Waals surface area contributed by atoms with E-state index in [1.54, 1.807) is 6.20 Å². The molecule has 2 N–H and O–H groups in total. The van der Waals surface area contributed by atoms with Crippen molar-refractivity contribution in [3.63, 3.8) is 0 Å². The van der Waals surface area contributed by atoms with Gasteiger partial charge in [0.25, 0.3) is 0 Å². The molecule has 2 saturated heterocycles. The van der Waals surface area contributed by atoms with Crippen LogP contribution in [-0.4, -0.2) is 68.1 Å². The Morgan fingerprint density at radius 3 is 2.45 bits per heavy atom. The highest BCUT2D eigenvalue weighted by molar-refractivity contribution is 5.63. The molecule has 0 radical (unpaired) electrons. The van der Waals surface area contributed by atoms with E-state index in [0.717, 1.165) is 23.7 Å². The summed E-state index contributed by atoms with van der Waals surface area (Å²) in [6.45, 7) is 2.40. The number of aromatic nitrogens is 2. The molecule has 1 aromatic carbocycles. The van der Waals surface area contributed by atoms with E-state index in [1.165, 1.54) is 18.5 Å². The average molecular weight is 396 g/mol. The van der Waals surface area contributed by atoms with Gasteiger partial charge < -0.3 is 25.0 Å². The Morgan fingerprint density at radius 2 is 1.72 bits per heavy atom. The normalized spacial score (nSPS) is 28.3. The first kappa shape index (κ1) is 18.8. The first-order valence-corrected chi connectivity index (χ1v) is 10.5. The molecule has 2 aromatic rings. The molecule has 3 heterocycles. The van der Waals surface area contributed by atoms with Crippen molar-refractivity contribution in [2.24, 2.45) is 5.92 Å². The number of nitrogens with zero attached hydrogens (tertiary/aromatic N) is 3. The molecular formula is C22H29N5O2. The van der Waals surface area contributed by atoms with Crippen LogP contribution in [-0.2, 0) is 9.47 Å². The predicted molar refractivity (Wildman–Crippen MR) is 113 cm³/mol. The van der Waals surface area contributed by atoms with E-state index in [0.29, 0.717) is 19.2 Å². The number of rotatable bonds is 7. The van der Waals surface area contributed by atoms with Crippen molar-refractivity contribution in [2.75, 3.05) is 44.1 Å². The van der Waals surface area contributed by atoms with Crippen LogP contribution in [0.15, 0.2) is 36.5 Å². The van der Waals surface area contributed by atoms with Gasteiger partial charge in [-0.3, -0.25) is 0 Å². The van der Waals surface area contributed by atoms with Gasteiger partial charge in [-0.1, -0.05) is 12.1 Å². The van der Waals surface area contributed by atoms with Gasteiger partial charge in [-0.2, -0.15) is 0 Å². The minimum absolute atomic E-state index is 0.0401. The molecule has 7 nitrogen and oxygen atoms in total. The van der Waals surface area contributed by atoms with Crippen molar-refractivity contribution < 1.29 is 9.47 Å². The molecule has 7 heteroatoms. The summed E-state index contributed by atoms with van der Waals surface area (Å²) in [5.74, 6) is 1.47. The van der Waals surface area contributed by atoms with E-state index in [2.05, 4.69) is 44.8 Å². The lowest BCUT2D eigenvalue weighted by Gasteiger charge is -2.18. The summed E-state index contributed by atoms with van der Waals surface area (Å²) in [7, 11) is 4.07. The van der Waals surface area contributed by atoms with Crippen LogP contribution in [0.1, 0.15) is 12.8 Å². The Morgan fingerprint density at radius 1 is 1.00 bits per heavy atom. The quantitative estimate of drug-likeness (QED) is 0.744. The first-order chi connectivity index (χ1) is 14.2. The molecule has 154 valence electrons. The maximum Gasteiger partial charge on any atom is 0.223 e. The van der Waals surface area contributed by atoms with Gasteiger partial charge in [-0.15, -0.1) is 0 Å². The number of ether oxygens (including phenoxy) is 2. The van der Waals surface area contributed by atoms with E-state index in [4.69, 9.17) is 14.5 Å². The zero-order valence-corrected chi connectivity index (χ0v) is 17.0. The fourth-order valence-electron chi connectivity index (χ4n) is 4.12. The van der Waals surface area contributed by atoms with Gasteiger partial charge in [-0.25, -0.2) is 9.97 Å². The summed E-state index contributed by atoms with van der Waals surface area (Å²) in [6.07, 6.45) is 4.65. The highest BCUT2D eigenvalue weighted by Gasteiger charge is 2.48. The fraction of sp³-hybridized carbons (Fsp3) is 0.545. The van der Waals surface area contributed by atoms with Crippen LogP contribution in [0.2, 0.25) is 0 Å². The molecule has 29 heavy (non-hydrogen) atoms. The number of benzene rings is 1. The van der Waals surface area contributed by atoms with Crippen LogP contribution < -0.4 is 15.5 Å². The molecule has 1 aromatic heterocycles. The lowest BCUT2D eigenvalue weighted by Crippen LogP contribution is -2.42. The topological polar surface area (TPSA) is 71.5 Å². The predicted octanol–water partition coefficient (Wildman–Crippen LogP) is 2.16. The molecule has 0 amide bonds. The monoisotopic (exact) mass is 395 g/mol. The summed E-state index contributed by atoms with van der Waals surface area (Å²) in [5, 5.41) is 7.07. The van der Waals surface area contributed by atoms with Crippen molar-refractivity contribution in [2.45, 2.75) is 37.1 Å². The summed E-state index contributed by atoms with van der Waals surface area (Å²) < 4.78 is 12.1. The molecule has 2 aliphatic heterocycles. The minimum Gasteiger partial charge on any atom is -0.378 e. The highest BCUT2D eigenvalue weighted by Crippen LogP contribution is 2.31. The Kier molecular flexibility index (Phi) is 5.11. The first-order valence-electron chi connectivity index (χ1n) is 10.5. The second-order valence-electron chi connectivity index (χ2n) is 8.51. The minimum atomic E-state index is 0.0401. The van der Waals surface area contributed by atoms with Gasteiger partial charge in [0.1, 0.15) is 12.2 Å². The average Bonchev–Trinajstić information content (AvgIpc) is 3.36. The van der Waals surface area contributed by atoms with E-state index < -0.39 is 0 Å². The molecule has 1 aliphatic carbocycles. The molecule has 3 fully saturated rings. The molecule has 0 bridgehead atoms.